The summed E-state index contributed by atoms with van der Waals surface area (Å²) < 4.78 is 15.0. The first kappa shape index (κ1) is 11.0. The SMILES string of the molecule is COC(C#N)OC1COCC(N=O)C1. The average molecular weight is 200 g/mol. The number of nitriles is 1. The summed E-state index contributed by atoms with van der Waals surface area (Å²) in [6.45, 7) is 0.696. The minimum absolute atomic E-state index is 0.295. The van der Waals surface area contributed by atoms with Crippen molar-refractivity contribution in [2.75, 3.05) is 20.3 Å². The van der Waals surface area contributed by atoms with Gasteiger partial charge in [-0.1, -0.05) is 5.18 Å². The quantitative estimate of drug-likeness (QED) is 0.485. The molecule has 1 saturated heterocycles. The molecule has 1 heterocycles. The number of hydrogen-bond acceptors (Lipinski definition) is 6. The van der Waals surface area contributed by atoms with Crippen molar-refractivity contribution in [2.45, 2.75) is 24.9 Å². The molecule has 0 aromatic rings. The molecule has 1 rings (SSSR count). The maximum atomic E-state index is 10.2. The highest BCUT2D eigenvalue weighted by Gasteiger charge is 2.26. The van der Waals surface area contributed by atoms with E-state index in [4.69, 9.17) is 19.5 Å². The van der Waals surface area contributed by atoms with Gasteiger partial charge in [0.2, 0.25) is 6.29 Å². The molecule has 0 amide bonds. The standard InChI is InChI=1S/C8H12N2O4/c1-12-8(3-9)14-7-2-6(10-11)4-13-5-7/h6-8H,2,4-5H2,1H3. The van der Waals surface area contributed by atoms with E-state index in [-0.39, 0.29) is 12.1 Å². The van der Waals surface area contributed by atoms with Gasteiger partial charge in [0.15, 0.2) is 0 Å². The van der Waals surface area contributed by atoms with E-state index in [0.29, 0.717) is 19.6 Å². The van der Waals surface area contributed by atoms with Gasteiger partial charge in [0.1, 0.15) is 12.1 Å². The van der Waals surface area contributed by atoms with Crippen LogP contribution in [0.1, 0.15) is 6.42 Å². The second kappa shape index (κ2) is 5.65. The van der Waals surface area contributed by atoms with E-state index in [1.165, 1.54) is 7.11 Å². The van der Waals surface area contributed by atoms with Crippen molar-refractivity contribution in [1.29, 1.82) is 5.26 Å². The first-order valence-corrected chi connectivity index (χ1v) is 4.28. The monoisotopic (exact) mass is 200 g/mol. The molecule has 14 heavy (non-hydrogen) atoms. The molecule has 78 valence electrons. The summed E-state index contributed by atoms with van der Waals surface area (Å²) in [5.41, 5.74) is 0. The molecule has 3 atom stereocenters. The topological polar surface area (TPSA) is 80.9 Å². The molecule has 0 radical (unpaired) electrons. The zero-order chi connectivity index (χ0) is 10.4. The second-order valence-corrected chi connectivity index (χ2v) is 2.99. The van der Waals surface area contributed by atoms with E-state index < -0.39 is 6.29 Å². The summed E-state index contributed by atoms with van der Waals surface area (Å²) in [5, 5.41) is 11.4. The van der Waals surface area contributed by atoms with Crippen LogP contribution in [-0.2, 0) is 14.2 Å². The maximum Gasteiger partial charge on any atom is 0.248 e. The van der Waals surface area contributed by atoms with Gasteiger partial charge in [-0.15, -0.1) is 0 Å². The number of nitroso groups, excluding NO2 is 1. The van der Waals surface area contributed by atoms with Gasteiger partial charge in [-0.3, -0.25) is 0 Å². The van der Waals surface area contributed by atoms with Crippen molar-refractivity contribution in [1.82, 2.24) is 0 Å². The Labute approximate surface area is 81.7 Å². The van der Waals surface area contributed by atoms with Gasteiger partial charge < -0.3 is 14.2 Å². The minimum Gasteiger partial charge on any atom is -0.376 e. The van der Waals surface area contributed by atoms with E-state index in [0.717, 1.165) is 0 Å². The van der Waals surface area contributed by atoms with Crippen LogP contribution in [0.25, 0.3) is 0 Å². The predicted octanol–water partition coefficient (Wildman–Crippen LogP) is 0.423. The normalized spacial score (nSPS) is 29.1. The maximum absolute atomic E-state index is 10.2. The van der Waals surface area contributed by atoms with Crippen LogP contribution in [-0.4, -0.2) is 38.8 Å². The lowest BCUT2D eigenvalue weighted by atomic mass is 10.1. The lowest BCUT2D eigenvalue weighted by Crippen LogP contribution is -2.36. The van der Waals surface area contributed by atoms with Gasteiger partial charge in [-0.25, -0.2) is 0 Å². The molecule has 1 aliphatic rings. The van der Waals surface area contributed by atoms with Gasteiger partial charge in [0.25, 0.3) is 0 Å². The van der Waals surface area contributed by atoms with Gasteiger partial charge in [0, 0.05) is 13.5 Å². The third kappa shape index (κ3) is 3.03. The summed E-state index contributed by atoms with van der Waals surface area (Å²) in [6, 6.07) is 1.44. The van der Waals surface area contributed by atoms with Crippen molar-refractivity contribution in [3.63, 3.8) is 0 Å². The van der Waals surface area contributed by atoms with Crippen molar-refractivity contribution < 1.29 is 14.2 Å². The lowest BCUT2D eigenvalue weighted by Gasteiger charge is -2.26. The van der Waals surface area contributed by atoms with Crippen LogP contribution in [0.4, 0.5) is 0 Å². The molecule has 6 heteroatoms. The number of hydrogen-bond donors (Lipinski definition) is 0. The lowest BCUT2D eigenvalue weighted by molar-refractivity contribution is -0.154. The van der Waals surface area contributed by atoms with Gasteiger partial charge in [0.05, 0.1) is 19.3 Å². The smallest absolute Gasteiger partial charge is 0.248 e. The minimum atomic E-state index is -0.908. The summed E-state index contributed by atoms with van der Waals surface area (Å²) in [6.07, 6.45) is -0.726. The first-order chi connectivity index (χ1) is 6.80. The zero-order valence-corrected chi connectivity index (χ0v) is 7.88. The molecule has 0 aromatic heterocycles. The molecule has 0 aromatic carbocycles. The Morgan fingerprint density at radius 3 is 3.00 bits per heavy atom. The molecule has 0 aliphatic carbocycles. The van der Waals surface area contributed by atoms with Crippen LogP contribution in [0.2, 0.25) is 0 Å². The van der Waals surface area contributed by atoms with E-state index in [1.807, 2.05) is 6.07 Å². The van der Waals surface area contributed by atoms with Gasteiger partial charge >= 0.3 is 0 Å². The van der Waals surface area contributed by atoms with Crippen LogP contribution >= 0.6 is 0 Å². The van der Waals surface area contributed by atoms with E-state index in [9.17, 15) is 4.91 Å². The molecular weight excluding hydrogens is 188 g/mol. The van der Waals surface area contributed by atoms with Crippen LogP contribution < -0.4 is 0 Å². The number of methoxy groups -OCH3 is 1. The molecule has 1 aliphatic heterocycles. The van der Waals surface area contributed by atoms with Gasteiger partial charge in [-0.05, 0) is 0 Å². The Morgan fingerprint density at radius 1 is 1.64 bits per heavy atom. The van der Waals surface area contributed by atoms with Crippen molar-refractivity contribution in [3.8, 4) is 6.07 Å². The summed E-state index contributed by atoms with van der Waals surface area (Å²) in [5.74, 6) is 0. The van der Waals surface area contributed by atoms with E-state index in [1.54, 1.807) is 0 Å². The van der Waals surface area contributed by atoms with Crippen LogP contribution in [0.5, 0.6) is 0 Å². The van der Waals surface area contributed by atoms with Crippen LogP contribution in [0.3, 0.4) is 0 Å². The Bertz CT molecular complexity index is 228. The molecular formula is C8H12N2O4. The highest BCUT2D eigenvalue weighted by Crippen LogP contribution is 2.15. The van der Waals surface area contributed by atoms with Crippen molar-refractivity contribution >= 4 is 0 Å². The second-order valence-electron chi connectivity index (χ2n) is 2.99. The third-order valence-corrected chi connectivity index (χ3v) is 1.93. The van der Waals surface area contributed by atoms with Crippen LogP contribution in [0, 0.1) is 16.2 Å². The van der Waals surface area contributed by atoms with E-state index >= 15 is 0 Å². The fourth-order valence-electron chi connectivity index (χ4n) is 1.26. The highest BCUT2D eigenvalue weighted by molar-refractivity contribution is 4.81. The molecule has 6 nitrogen and oxygen atoms in total. The number of ether oxygens (including phenoxy) is 3. The molecule has 0 spiro atoms. The molecule has 0 bridgehead atoms. The number of nitrogens with zero attached hydrogens (tertiary/aromatic N) is 2. The Balaban J connectivity index is 2.37. The number of rotatable bonds is 4. The summed E-state index contributed by atoms with van der Waals surface area (Å²) in [7, 11) is 1.38. The van der Waals surface area contributed by atoms with Crippen LogP contribution in [0.15, 0.2) is 5.18 Å². The van der Waals surface area contributed by atoms with Crippen molar-refractivity contribution in [2.24, 2.45) is 5.18 Å². The zero-order valence-electron chi connectivity index (χ0n) is 7.88. The summed E-state index contributed by atoms with van der Waals surface area (Å²) in [4.78, 5) is 10.2. The first-order valence-electron chi connectivity index (χ1n) is 4.28. The fraction of sp³-hybridized carbons (Fsp3) is 0.875. The Morgan fingerprint density at radius 2 is 2.43 bits per heavy atom. The average Bonchev–Trinajstić information content (AvgIpc) is 2.26. The largest absolute Gasteiger partial charge is 0.376 e. The predicted molar refractivity (Wildman–Crippen MR) is 46.3 cm³/mol. The Kier molecular flexibility index (Phi) is 4.46. The fourth-order valence-corrected chi connectivity index (χ4v) is 1.26. The summed E-state index contributed by atoms with van der Waals surface area (Å²) >= 11 is 0. The van der Waals surface area contributed by atoms with E-state index in [2.05, 4.69) is 5.18 Å². The Hall–Kier alpha value is -1.03. The molecule has 0 N–H and O–H groups in total. The highest BCUT2D eigenvalue weighted by atomic mass is 16.7. The van der Waals surface area contributed by atoms with Gasteiger partial charge in [-0.2, -0.15) is 10.2 Å². The molecule has 3 unspecified atom stereocenters. The molecule has 0 saturated carbocycles. The third-order valence-electron chi connectivity index (χ3n) is 1.93. The molecule has 1 fully saturated rings. The van der Waals surface area contributed by atoms with Crippen molar-refractivity contribution in [3.05, 3.63) is 4.91 Å².